The van der Waals surface area contributed by atoms with E-state index >= 15 is 0 Å². The molecule has 1 aromatic rings. The Morgan fingerprint density at radius 3 is 2.62 bits per heavy atom. The summed E-state index contributed by atoms with van der Waals surface area (Å²) in [5.74, 6) is 0.546. The Morgan fingerprint density at radius 1 is 1.29 bits per heavy atom. The van der Waals surface area contributed by atoms with Crippen LogP contribution in [0.3, 0.4) is 0 Å². The lowest BCUT2D eigenvalue weighted by atomic mass is 9.85. The molecular formula is C16H26N2O2S. The number of nitrogens with zero attached hydrogens (tertiary/aromatic N) is 1. The lowest BCUT2D eigenvalue weighted by Gasteiger charge is -2.31. The predicted octanol–water partition coefficient (Wildman–Crippen LogP) is 2.61. The van der Waals surface area contributed by atoms with Gasteiger partial charge in [-0.3, -0.25) is 0 Å². The lowest BCUT2D eigenvalue weighted by Crippen LogP contribution is -2.37. The molecule has 1 saturated carbocycles. The van der Waals surface area contributed by atoms with E-state index in [1.807, 2.05) is 26.0 Å². The minimum atomic E-state index is -3.36. The molecule has 5 heteroatoms. The maximum atomic E-state index is 12.8. The topological polar surface area (TPSA) is 49.4 Å². The van der Waals surface area contributed by atoms with Gasteiger partial charge >= 0.3 is 0 Å². The maximum Gasteiger partial charge on any atom is 0.243 e. The summed E-state index contributed by atoms with van der Waals surface area (Å²) in [6, 6.07) is 7.29. The van der Waals surface area contributed by atoms with Crippen molar-refractivity contribution in [1.29, 1.82) is 0 Å². The van der Waals surface area contributed by atoms with Crippen molar-refractivity contribution in [2.75, 3.05) is 19.6 Å². The second-order valence-electron chi connectivity index (χ2n) is 5.68. The molecule has 118 valence electrons. The first-order valence-corrected chi connectivity index (χ1v) is 9.31. The molecule has 0 atom stereocenters. The van der Waals surface area contributed by atoms with Crippen LogP contribution in [0, 0.1) is 5.92 Å². The average Bonchev–Trinajstić information content (AvgIpc) is 2.44. The van der Waals surface area contributed by atoms with Gasteiger partial charge in [0.25, 0.3) is 0 Å². The molecule has 1 fully saturated rings. The number of hydrogen-bond acceptors (Lipinski definition) is 3. The summed E-state index contributed by atoms with van der Waals surface area (Å²) < 4.78 is 27.2. The first kappa shape index (κ1) is 16.5. The first-order valence-electron chi connectivity index (χ1n) is 7.87. The van der Waals surface area contributed by atoms with Crippen LogP contribution >= 0.6 is 0 Å². The van der Waals surface area contributed by atoms with Crippen LogP contribution in [-0.2, 0) is 16.6 Å². The summed E-state index contributed by atoms with van der Waals surface area (Å²) in [5.41, 5.74) is 1.01. The van der Waals surface area contributed by atoms with Gasteiger partial charge in [-0.05, 0) is 43.0 Å². The Balaban J connectivity index is 2.16. The van der Waals surface area contributed by atoms with Gasteiger partial charge in [-0.15, -0.1) is 0 Å². The molecule has 0 aliphatic heterocycles. The van der Waals surface area contributed by atoms with Gasteiger partial charge in [0.05, 0.1) is 4.90 Å². The van der Waals surface area contributed by atoms with Crippen molar-refractivity contribution in [2.45, 2.75) is 44.6 Å². The molecule has 0 amide bonds. The van der Waals surface area contributed by atoms with Crippen molar-refractivity contribution >= 4 is 10.0 Å². The zero-order valence-electron chi connectivity index (χ0n) is 13.0. The zero-order valence-corrected chi connectivity index (χ0v) is 13.8. The van der Waals surface area contributed by atoms with Crippen molar-refractivity contribution in [2.24, 2.45) is 5.92 Å². The molecule has 0 saturated heterocycles. The van der Waals surface area contributed by atoms with E-state index in [9.17, 15) is 8.42 Å². The van der Waals surface area contributed by atoms with E-state index in [-0.39, 0.29) is 0 Å². The van der Waals surface area contributed by atoms with E-state index in [2.05, 4.69) is 5.32 Å². The number of sulfonamides is 1. The van der Waals surface area contributed by atoms with Gasteiger partial charge in [0.1, 0.15) is 0 Å². The largest absolute Gasteiger partial charge is 0.313 e. The number of nitrogens with one attached hydrogen (secondary N) is 1. The van der Waals surface area contributed by atoms with Crippen LogP contribution < -0.4 is 5.32 Å². The molecule has 1 aliphatic carbocycles. The fraction of sp³-hybridized carbons (Fsp3) is 0.625. The van der Waals surface area contributed by atoms with E-state index in [0.29, 0.717) is 30.4 Å². The third kappa shape index (κ3) is 4.05. The standard InChI is InChI=1S/C16H26N2O2S/c1-3-17-12-15-9-6-10-16(11-15)21(19,20)18(4-2)13-14-7-5-8-14/h6,9-11,14,17H,3-5,7-8,12-13H2,1-2H3. The second-order valence-corrected chi connectivity index (χ2v) is 7.62. The molecule has 0 bridgehead atoms. The lowest BCUT2D eigenvalue weighted by molar-refractivity contribution is 0.250. The maximum absolute atomic E-state index is 12.8. The molecule has 0 unspecified atom stereocenters. The monoisotopic (exact) mass is 310 g/mol. The summed E-state index contributed by atoms with van der Waals surface area (Å²) >= 11 is 0. The summed E-state index contributed by atoms with van der Waals surface area (Å²) in [6.45, 7) is 6.73. The highest BCUT2D eigenvalue weighted by atomic mass is 32.2. The van der Waals surface area contributed by atoms with Crippen LogP contribution in [0.2, 0.25) is 0 Å². The van der Waals surface area contributed by atoms with Crippen molar-refractivity contribution in [3.63, 3.8) is 0 Å². The van der Waals surface area contributed by atoms with E-state index in [4.69, 9.17) is 0 Å². The second kappa shape index (κ2) is 7.38. The van der Waals surface area contributed by atoms with Gasteiger partial charge in [-0.25, -0.2) is 8.42 Å². The fourth-order valence-electron chi connectivity index (χ4n) is 2.59. The Bertz CT molecular complexity index is 553. The molecule has 0 radical (unpaired) electrons. The van der Waals surface area contributed by atoms with E-state index in [1.54, 1.807) is 16.4 Å². The highest BCUT2D eigenvalue weighted by molar-refractivity contribution is 7.89. The number of hydrogen-bond donors (Lipinski definition) is 1. The minimum Gasteiger partial charge on any atom is -0.313 e. The third-order valence-electron chi connectivity index (χ3n) is 4.15. The molecule has 0 spiro atoms. The minimum absolute atomic E-state index is 0.416. The Labute approximate surface area is 128 Å². The molecule has 21 heavy (non-hydrogen) atoms. The van der Waals surface area contributed by atoms with Crippen LogP contribution in [0.15, 0.2) is 29.2 Å². The normalized spacial score (nSPS) is 16.1. The predicted molar refractivity (Wildman–Crippen MR) is 85.6 cm³/mol. The molecular weight excluding hydrogens is 284 g/mol. The molecule has 1 aliphatic rings. The SMILES string of the molecule is CCNCc1cccc(S(=O)(=O)N(CC)CC2CCC2)c1. The molecule has 0 heterocycles. The number of benzene rings is 1. The van der Waals surface area contributed by atoms with Gasteiger partial charge in [0, 0.05) is 19.6 Å². The molecule has 0 aromatic heterocycles. The van der Waals surface area contributed by atoms with Crippen LogP contribution in [0.25, 0.3) is 0 Å². The van der Waals surface area contributed by atoms with Crippen molar-refractivity contribution < 1.29 is 8.42 Å². The highest BCUT2D eigenvalue weighted by Crippen LogP contribution is 2.29. The van der Waals surface area contributed by atoms with Crippen LogP contribution in [0.1, 0.15) is 38.7 Å². The third-order valence-corrected chi connectivity index (χ3v) is 6.09. The van der Waals surface area contributed by atoms with E-state index in [1.165, 1.54) is 6.42 Å². The summed E-state index contributed by atoms with van der Waals surface area (Å²) in [4.78, 5) is 0.416. The van der Waals surface area contributed by atoms with Crippen molar-refractivity contribution in [1.82, 2.24) is 9.62 Å². The van der Waals surface area contributed by atoms with Gasteiger partial charge in [-0.1, -0.05) is 32.4 Å². The van der Waals surface area contributed by atoms with Crippen molar-refractivity contribution in [3.8, 4) is 0 Å². The quantitative estimate of drug-likeness (QED) is 0.803. The summed E-state index contributed by atoms with van der Waals surface area (Å²) in [6.07, 6.45) is 3.55. The molecule has 4 nitrogen and oxygen atoms in total. The Morgan fingerprint density at radius 2 is 2.05 bits per heavy atom. The first-order chi connectivity index (χ1) is 10.1. The van der Waals surface area contributed by atoms with Crippen molar-refractivity contribution in [3.05, 3.63) is 29.8 Å². The van der Waals surface area contributed by atoms with Crippen LogP contribution in [-0.4, -0.2) is 32.4 Å². The van der Waals surface area contributed by atoms with E-state index < -0.39 is 10.0 Å². The molecule has 1 aromatic carbocycles. The smallest absolute Gasteiger partial charge is 0.243 e. The molecule has 1 N–H and O–H groups in total. The molecule has 2 rings (SSSR count). The Hall–Kier alpha value is -0.910. The highest BCUT2D eigenvalue weighted by Gasteiger charge is 2.28. The fourth-order valence-corrected chi connectivity index (χ4v) is 4.19. The van der Waals surface area contributed by atoms with Gasteiger partial charge in [-0.2, -0.15) is 4.31 Å². The number of rotatable bonds is 8. The van der Waals surface area contributed by atoms with Gasteiger partial charge < -0.3 is 5.32 Å². The summed E-state index contributed by atoms with van der Waals surface area (Å²) in [5, 5.41) is 3.23. The van der Waals surface area contributed by atoms with E-state index in [0.717, 1.165) is 24.9 Å². The van der Waals surface area contributed by atoms with Crippen LogP contribution in [0.5, 0.6) is 0 Å². The average molecular weight is 310 g/mol. The summed E-state index contributed by atoms with van der Waals surface area (Å²) in [7, 11) is -3.36. The van der Waals surface area contributed by atoms with Crippen LogP contribution in [0.4, 0.5) is 0 Å². The van der Waals surface area contributed by atoms with Gasteiger partial charge in [0.15, 0.2) is 0 Å². The zero-order chi connectivity index (χ0) is 15.3. The van der Waals surface area contributed by atoms with Gasteiger partial charge in [0.2, 0.25) is 10.0 Å². The Kier molecular flexibility index (Phi) is 5.79.